The predicted molar refractivity (Wildman–Crippen MR) is 68.2 cm³/mol. The van der Waals surface area contributed by atoms with Crippen LogP contribution >= 0.6 is 0 Å². The molecule has 0 aliphatic heterocycles. The van der Waals surface area contributed by atoms with Gasteiger partial charge < -0.3 is 10.4 Å². The van der Waals surface area contributed by atoms with Gasteiger partial charge in [-0.1, -0.05) is 19.8 Å². The number of rotatable bonds is 5. The summed E-state index contributed by atoms with van der Waals surface area (Å²) in [6.45, 7) is 2.07. The van der Waals surface area contributed by atoms with E-state index in [4.69, 9.17) is 5.11 Å². The van der Waals surface area contributed by atoms with E-state index in [0.29, 0.717) is 0 Å². The molecule has 4 nitrogen and oxygen atoms in total. The van der Waals surface area contributed by atoms with Crippen LogP contribution < -0.4 is 5.32 Å². The van der Waals surface area contributed by atoms with Crippen molar-refractivity contribution in [3.8, 4) is 0 Å². The van der Waals surface area contributed by atoms with Crippen molar-refractivity contribution in [2.75, 3.05) is 0 Å². The normalized spacial score (nSPS) is 24.3. The lowest BCUT2D eigenvalue weighted by atomic mass is 9.72. The topological polar surface area (TPSA) is 66.4 Å². The maximum atomic E-state index is 12.5. The molecule has 2 N–H and O–H groups in total. The van der Waals surface area contributed by atoms with E-state index in [0.717, 1.165) is 51.4 Å². The number of aliphatic carboxylic acids is 1. The lowest BCUT2D eigenvalue weighted by molar-refractivity contribution is -0.142. The van der Waals surface area contributed by atoms with Crippen LogP contribution in [0.1, 0.15) is 64.7 Å². The van der Waals surface area contributed by atoms with E-state index in [-0.39, 0.29) is 17.7 Å². The fraction of sp³-hybridized carbons (Fsp3) is 0.857. The zero-order valence-corrected chi connectivity index (χ0v) is 11.1. The average molecular weight is 253 g/mol. The second-order valence-corrected chi connectivity index (χ2v) is 6.00. The van der Waals surface area contributed by atoms with Gasteiger partial charge in [0.15, 0.2) is 0 Å². The highest BCUT2D eigenvalue weighted by molar-refractivity contribution is 5.84. The molecule has 2 aliphatic rings. The first-order chi connectivity index (χ1) is 8.52. The van der Waals surface area contributed by atoms with E-state index in [9.17, 15) is 9.59 Å². The Labute approximate surface area is 108 Å². The van der Waals surface area contributed by atoms with Crippen molar-refractivity contribution in [3.05, 3.63) is 0 Å². The van der Waals surface area contributed by atoms with Crippen LogP contribution in [0.15, 0.2) is 0 Å². The van der Waals surface area contributed by atoms with Gasteiger partial charge in [0.05, 0.1) is 12.0 Å². The van der Waals surface area contributed by atoms with Crippen molar-refractivity contribution in [2.24, 2.45) is 5.41 Å². The Morgan fingerprint density at radius 2 is 1.72 bits per heavy atom. The predicted octanol–water partition coefficient (Wildman–Crippen LogP) is 2.47. The van der Waals surface area contributed by atoms with Gasteiger partial charge in [0.1, 0.15) is 0 Å². The molecule has 0 unspecified atom stereocenters. The van der Waals surface area contributed by atoms with Crippen LogP contribution in [0.2, 0.25) is 0 Å². The fourth-order valence-electron chi connectivity index (χ4n) is 3.41. The number of nitrogens with one attached hydrogen (secondary N) is 1. The molecule has 0 radical (unpaired) electrons. The largest absolute Gasteiger partial charge is 0.481 e. The molecule has 102 valence electrons. The third-order valence-electron chi connectivity index (χ3n) is 4.90. The highest BCUT2D eigenvalue weighted by Crippen LogP contribution is 2.43. The highest BCUT2D eigenvalue weighted by Gasteiger charge is 2.46. The van der Waals surface area contributed by atoms with Crippen molar-refractivity contribution in [3.63, 3.8) is 0 Å². The SMILES string of the molecule is CCC1(C(=O)NC2(CC(=O)O)CCC2)CCCC1. The summed E-state index contributed by atoms with van der Waals surface area (Å²) >= 11 is 0. The monoisotopic (exact) mass is 253 g/mol. The molecule has 2 saturated carbocycles. The Morgan fingerprint density at radius 3 is 2.11 bits per heavy atom. The number of carbonyl (C=O) groups is 2. The molecule has 2 fully saturated rings. The minimum absolute atomic E-state index is 0.0680. The summed E-state index contributed by atoms with van der Waals surface area (Å²) < 4.78 is 0. The van der Waals surface area contributed by atoms with Crippen LogP contribution in [0, 0.1) is 5.41 Å². The quantitative estimate of drug-likeness (QED) is 0.791. The van der Waals surface area contributed by atoms with Crippen molar-refractivity contribution in [1.82, 2.24) is 5.32 Å². The van der Waals surface area contributed by atoms with E-state index in [1.165, 1.54) is 0 Å². The van der Waals surface area contributed by atoms with Crippen LogP contribution in [0.5, 0.6) is 0 Å². The van der Waals surface area contributed by atoms with Crippen LogP contribution in [0.4, 0.5) is 0 Å². The summed E-state index contributed by atoms with van der Waals surface area (Å²) in [4.78, 5) is 23.4. The number of carbonyl (C=O) groups excluding carboxylic acids is 1. The van der Waals surface area contributed by atoms with E-state index in [1.807, 2.05) is 0 Å². The first kappa shape index (κ1) is 13.4. The summed E-state index contributed by atoms with van der Waals surface area (Å²) in [5, 5.41) is 12.0. The van der Waals surface area contributed by atoms with Crippen LogP contribution in [0.3, 0.4) is 0 Å². The number of carboxylic acid groups (broad SMARTS) is 1. The van der Waals surface area contributed by atoms with Gasteiger partial charge in [-0.25, -0.2) is 0 Å². The van der Waals surface area contributed by atoms with E-state index in [1.54, 1.807) is 0 Å². The third kappa shape index (κ3) is 2.38. The molecule has 0 aromatic carbocycles. The van der Waals surface area contributed by atoms with Crippen molar-refractivity contribution >= 4 is 11.9 Å². The smallest absolute Gasteiger partial charge is 0.305 e. The zero-order chi connectivity index (χ0) is 13.2. The molecule has 0 spiro atoms. The lowest BCUT2D eigenvalue weighted by Crippen LogP contribution is -2.57. The molecule has 0 heterocycles. The molecule has 0 aromatic rings. The molecule has 2 rings (SSSR count). The van der Waals surface area contributed by atoms with Gasteiger partial charge in [0.25, 0.3) is 0 Å². The second kappa shape index (κ2) is 4.90. The fourth-order valence-corrected chi connectivity index (χ4v) is 3.41. The first-order valence-corrected chi connectivity index (χ1v) is 7.06. The van der Waals surface area contributed by atoms with Gasteiger partial charge in [-0.15, -0.1) is 0 Å². The average Bonchev–Trinajstić information content (AvgIpc) is 2.75. The molecular formula is C14H23NO3. The number of hydrogen-bond acceptors (Lipinski definition) is 2. The summed E-state index contributed by atoms with van der Waals surface area (Å²) in [5.74, 6) is -0.713. The molecule has 0 bridgehead atoms. The summed E-state index contributed by atoms with van der Waals surface area (Å²) in [7, 11) is 0. The van der Waals surface area contributed by atoms with E-state index >= 15 is 0 Å². The number of amides is 1. The number of hydrogen-bond donors (Lipinski definition) is 2. The summed E-state index contributed by atoms with van der Waals surface area (Å²) in [6.07, 6.45) is 7.72. The van der Waals surface area contributed by atoms with Gasteiger partial charge in [0.2, 0.25) is 5.91 Å². The molecule has 18 heavy (non-hydrogen) atoms. The van der Waals surface area contributed by atoms with Crippen molar-refractivity contribution in [2.45, 2.75) is 70.3 Å². The highest BCUT2D eigenvalue weighted by atomic mass is 16.4. The number of carboxylic acids is 1. The molecular weight excluding hydrogens is 230 g/mol. The van der Waals surface area contributed by atoms with Gasteiger partial charge >= 0.3 is 5.97 Å². The maximum Gasteiger partial charge on any atom is 0.305 e. The third-order valence-corrected chi connectivity index (χ3v) is 4.90. The first-order valence-electron chi connectivity index (χ1n) is 7.06. The maximum absolute atomic E-state index is 12.5. The van der Waals surface area contributed by atoms with Crippen molar-refractivity contribution < 1.29 is 14.7 Å². The molecule has 4 heteroatoms. The van der Waals surface area contributed by atoms with Crippen LogP contribution in [0.25, 0.3) is 0 Å². The Bertz CT molecular complexity index is 341. The Hall–Kier alpha value is -1.06. The lowest BCUT2D eigenvalue weighted by Gasteiger charge is -2.43. The van der Waals surface area contributed by atoms with Crippen molar-refractivity contribution in [1.29, 1.82) is 0 Å². The molecule has 0 aromatic heterocycles. The van der Waals surface area contributed by atoms with Crippen LogP contribution in [-0.4, -0.2) is 22.5 Å². The Morgan fingerprint density at radius 1 is 1.11 bits per heavy atom. The summed E-state index contributed by atoms with van der Waals surface area (Å²) in [6, 6.07) is 0. The standard InChI is InChI=1S/C14H23NO3/c1-2-13(6-3-4-7-13)12(18)15-14(8-5-9-14)10-11(16)17/h2-10H2,1H3,(H,15,18)(H,16,17). The van der Waals surface area contributed by atoms with Crippen LogP contribution in [-0.2, 0) is 9.59 Å². The van der Waals surface area contributed by atoms with E-state index < -0.39 is 11.5 Å². The van der Waals surface area contributed by atoms with Gasteiger partial charge in [0, 0.05) is 5.41 Å². The second-order valence-electron chi connectivity index (χ2n) is 6.00. The van der Waals surface area contributed by atoms with E-state index in [2.05, 4.69) is 12.2 Å². The Balaban J connectivity index is 2.03. The minimum atomic E-state index is -0.813. The minimum Gasteiger partial charge on any atom is -0.481 e. The van der Waals surface area contributed by atoms with Gasteiger partial charge in [-0.05, 0) is 38.5 Å². The zero-order valence-electron chi connectivity index (χ0n) is 11.1. The molecule has 0 saturated heterocycles. The summed E-state index contributed by atoms with van der Waals surface area (Å²) in [5.41, 5.74) is -0.672. The molecule has 0 atom stereocenters. The molecule has 2 aliphatic carbocycles. The Kier molecular flexibility index (Phi) is 3.64. The van der Waals surface area contributed by atoms with Gasteiger partial charge in [-0.2, -0.15) is 0 Å². The van der Waals surface area contributed by atoms with Gasteiger partial charge in [-0.3, -0.25) is 9.59 Å². The molecule has 1 amide bonds.